The largest absolute Gasteiger partial charge is 0.381 e. The van der Waals surface area contributed by atoms with E-state index in [9.17, 15) is 0 Å². The molecule has 0 aromatic carbocycles. The predicted octanol–water partition coefficient (Wildman–Crippen LogP) is 0.304. The van der Waals surface area contributed by atoms with Crippen molar-refractivity contribution in [1.82, 2.24) is 20.0 Å². The lowest BCUT2D eigenvalue weighted by Crippen LogP contribution is -2.00. The van der Waals surface area contributed by atoms with Crippen LogP contribution in [0.15, 0.2) is 30.7 Å². The summed E-state index contributed by atoms with van der Waals surface area (Å²) in [6.45, 7) is 0.651. The van der Waals surface area contributed by atoms with Crippen LogP contribution in [-0.4, -0.2) is 20.0 Å². The Morgan fingerprint density at radius 2 is 2.38 bits per heavy atom. The summed E-state index contributed by atoms with van der Waals surface area (Å²) in [6, 6.07) is 3.86. The van der Waals surface area contributed by atoms with Crippen LogP contribution in [0.5, 0.6) is 0 Å². The molecular formula is C8H9N5. The maximum Gasteiger partial charge on any atom is 0.165 e. The third-order valence-corrected chi connectivity index (χ3v) is 1.62. The molecule has 0 aliphatic rings. The lowest BCUT2D eigenvalue weighted by molar-refractivity contribution is 0.648. The third-order valence-electron chi connectivity index (χ3n) is 1.62. The summed E-state index contributed by atoms with van der Waals surface area (Å²) in [5.41, 5.74) is 6.50. The van der Waals surface area contributed by atoms with Crippen molar-refractivity contribution in [2.75, 3.05) is 5.73 Å². The van der Waals surface area contributed by atoms with Crippen molar-refractivity contribution in [2.45, 2.75) is 6.54 Å². The molecule has 2 heterocycles. The highest BCUT2D eigenvalue weighted by Crippen LogP contribution is 2.00. The first-order valence-corrected chi connectivity index (χ1v) is 3.89. The Labute approximate surface area is 75.2 Å². The molecule has 2 N–H and O–H groups in total. The van der Waals surface area contributed by atoms with Gasteiger partial charge in [0.05, 0.1) is 12.7 Å². The van der Waals surface area contributed by atoms with Crippen molar-refractivity contribution >= 4 is 5.82 Å². The van der Waals surface area contributed by atoms with Crippen LogP contribution in [0.25, 0.3) is 0 Å². The van der Waals surface area contributed by atoms with Gasteiger partial charge in [0.25, 0.3) is 0 Å². The molecule has 0 aliphatic carbocycles. The van der Waals surface area contributed by atoms with Crippen LogP contribution in [0.2, 0.25) is 0 Å². The van der Waals surface area contributed by atoms with Crippen LogP contribution in [0.3, 0.4) is 0 Å². The fourth-order valence-corrected chi connectivity index (χ4v) is 1.07. The summed E-state index contributed by atoms with van der Waals surface area (Å²) in [5.74, 6) is 0.434. The molecule has 13 heavy (non-hydrogen) atoms. The van der Waals surface area contributed by atoms with E-state index in [1.807, 2.05) is 12.1 Å². The van der Waals surface area contributed by atoms with Crippen LogP contribution in [0.1, 0.15) is 5.56 Å². The number of aromatic nitrogens is 4. The zero-order chi connectivity index (χ0) is 9.10. The molecular weight excluding hydrogens is 166 g/mol. The molecule has 5 heteroatoms. The molecule has 0 fully saturated rings. The Bertz CT molecular complexity index is 380. The van der Waals surface area contributed by atoms with Gasteiger partial charge in [-0.1, -0.05) is 11.3 Å². The fraction of sp³-hybridized carbons (Fsp3) is 0.125. The highest BCUT2D eigenvalue weighted by atomic mass is 15.4. The molecule has 0 amide bonds. The molecule has 66 valence electrons. The van der Waals surface area contributed by atoms with E-state index in [0.717, 1.165) is 5.56 Å². The average Bonchev–Trinajstić information content (AvgIpc) is 2.53. The van der Waals surface area contributed by atoms with Gasteiger partial charge in [-0.15, -0.1) is 5.10 Å². The zero-order valence-corrected chi connectivity index (χ0v) is 6.96. The SMILES string of the molecule is Nc1cn(Cc2cccnc2)nn1. The van der Waals surface area contributed by atoms with Crippen molar-refractivity contribution in [3.05, 3.63) is 36.3 Å². The topological polar surface area (TPSA) is 69.6 Å². The van der Waals surface area contributed by atoms with E-state index in [2.05, 4.69) is 15.3 Å². The van der Waals surface area contributed by atoms with E-state index < -0.39 is 0 Å². The normalized spacial score (nSPS) is 10.2. The quantitative estimate of drug-likeness (QED) is 0.712. The first kappa shape index (κ1) is 7.72. The summed E-state index contributed by atoms with van der Waals surface area (Å²) in [5, 5.41) is 7.51. The van der Waals surface area contributed by atoms with Gasteiger partial charge >= 0.3 is 0 Å². The maximum atomic E-state index is 5.42. The molecule has 2 aromatic rings. The Kier molecular flexibility index (Phi) is 1.91. The van der Waals surface area contributed by atoms with Crippen LogP contribution < -0.4 is 5.73 Å². The lowest BCUT2D eigenvalue weighted by atomic mass is 10.3. The van der Waals surface area contributed by atoms with Gasteiger partial charge in [0.1, 0.15) is 0 Å². The summed E-state index contributed by atoms with van der Waals surface area (Å²) in [4.78, 5) is 3.99. The number of nitrogens with two attached hydrogens (primary N) is 1. The summed E-state index contributed by atoms with van der Waals surface area (Å²) in [6.07, 6.45) is 5.21. The molecule has 2 rings (SSSR count). The first-order chi connectivity index (χ1) is 6.34. The number of pyridine rings is 1. The Morgan fingerprint density at radius 1 is 1.46 bits per heavy atom. The van der Waals surface area contributed by atoms with Crippen molar-refractivity contribution in [3.63, 3.8) is 0 Å². The second-order valence-corrected chi connectivity index (χ2v) is 2.70. The second kappa shape index (κ2) is 3.22. The maximum absolute atomic E-state index is 5.42. The number of hydrogen-bond acceptors (Lipinski definition) is 4. The Hall–Kier alpha value is -1.91. The molecule has 2 aromatic heterocycles. The predicted molar refractivity (Wildman–Crippen MR) is 47.8 cm³/mol. The summed E-state index contributed by atoms with van der Waals surface area (Å²) in [7, 11) is 0. The minimum atomic E-state index is 0.434. The summed E-state index contributed by atoms with van der Waals surface area (Å²) >= 11 is 0. The molecule has 0 aliphatic heterocycles. The van der Waals surface area contributed by atoms with Gasteiger partial charge in [0, 0.05) is 12.4 Å². The highest BCUT2D eigenvalue weighted by Gasteiger charge is 1.96. The summed E-state index contributed by atoms with van der Waals surface area (Å²) < 4.78 is 1.67. The van der Waals surface area contributed by atoms with E-state index in [4.69, 9.17) is 5.73 Å². The van der Waals surface area contributed by atoms with Crippen LogP contribution in [0, 0.1) is 0 Å². The van der Waals surface area contributed by atoms with Gasteiger partial charge < -0.3 is 5.73 Å². The number of hydrogen-bond donors (Lipinski definition) is 1. The van der Waals surface area contributed by atoms with Crippen molar-refractivity contribution in [1.29, 1.82) is 0 Å². The number of rotatable bonds is 2. The highest BCUT2D eigenvalue weighted by molar-refractivity contribution is 5.20. The molecule has 0 spiro atoms. The van der Waals surface area contributed by atoms with Gasteiger partial charge in [0.15, 0.2) is 5.82 Å². The van der Waals surface area contributed by atoms with Gasteiger partial charge in [-0.05, 0) is 11.6 Å². The third kappa shape index (κ3) is 1.81. The first-order valence-electron chi connectivity index (χ1n) is 3.89. The monoisotopic (exact) mass is 175 g/mol. The van der Waals surface area contributed by atoms with Crippen LogP contribution in [0.4, 0.5) is 5.82 Å². The number of nitrogen functional groups attached to an aromatic ring is 1. The van der Waals surface area contributed by atoms with E-state index in [1.54, 1.807) is 23.3 Å². The molecule has 0 atom stereocenters. The number of nitrogens with zero attached hydrogens (tertiary/aromatic N) is 4. The van der Waals surface area contributed by atoms with Gasteiger partial charge in [0.2, 0.25) is 0 Å². The molecule has 0 saturated carbocycles. The zero-order valence-electron chi connectivity index (χ0n) is 6.96. The Morgan fingerprint density at radius 3 is 3.00 bits per heavy atom. The van der Waals surface area contributed by atoms with Crippen LogP contribution in [-0.2, 0) is 6.54 Å². The van der Waals surface area contributed by atoms with E-state index >= 15 is 0 Å². The standard InChI is InChI=1S/C8H9N5/c9-8-6-13(12-11-8)5-7-2-1-3-10-4-7/h1-4,6H,5,9H2. The van der Waals surface area contributed by atoms with Gasteiger partial charge in [-0.2, -0.15) is 0 Å². The van der Waals surface area contributed by atoms with Crippen molar-refractivity contribution in [2.24, 2.45) is 0 Å². The van der Waals surface area contributed by atoms with Gasteiger partial charge in [-0.25, -0.2) is 4.68 Å². The van der Waals surface area contributed by atoms with Gasteiger partial charge in [-0.3, -0.25) is 4.98 Å². The molecule has 0 saturated heterocycles. The minimum absolute atomic E-state index is 0.434. The van der Waals surface area contributed by atoms with Crippen molar-refractivity contribution in [3.8, 4) is 0 Å². The minimum Gasteiger partial charge on any atom is -0.381 e. The molecule has 5 nitrogen and oxygen atoms in total. The van der Waals surface area contributed by atoms with E-state index in [0.29, 0.717) is 12.4 Å². The smallest absolute Gasteiger partial charge is 0.165 e. The van der Waals surface area contributed by atoms with Crippen molar-refractivity contribution < 1.29 is 0 Å². The second-order valence-electron chi connectivity index (χ2n) is 2.70. The molecule has 0 bridgehead atoms. The molecule has 0 radical (unpaired) electrons. The lowest BCUT2D eigenvalue weighted by Gasteiger charge is -1.98. The average molecular weight is 175 g/mol. The Balaban J connectivity index is 2.15. The van der Waals surface area contributed by atoms with Crippen LogP contribution >= 0.6 is 0 Å². The fourth-order valence-electron chi connectivity index (χ4n) is 1.07. The van der Waals surface area contributed by atoms with E-state index in [-0.39, 0.29) is 0 Å². The number of anilines is 1. The van der Waals surface area contributed by atoms with E-state index in [1.165, 1.54) is 0 Å². The molecule has 0 unspecified atom stereocenters.